The molecule has 10 heteroatoms. The number of carbonyl (C=O) groups is 2. The summed E-state index contributed by atoms with van der Waals surface area (Å²) in [6.07, 6.45) is 1.51. The van der Waals surface area contributed by atoms with Crippen molar-refractivity contribution in [1.29, 1.82) is 0 Å². The molecule has 0 unspecified atom stereocenters. The average molecular weight is 482 g/mol. The quantitative estimate of drug-likeness (QED) is 0.582. The molecule has 0 bridgehead atoms. The molecule has 2 N–H and O–H groups in total. The maximum absolute atomic E-state index is 13.6. The molecule has 0 spiro atoms. The number of nitrogens with one attached hydrogen (secondary N) is 1. The van der Waals surface area contributed by atoms with Crippen LogP contribution in [0.5, 0.6) is 0 Å². The van der Waals surface area contributed by atoms with E-state index in [1.165, 1.54) is 29.5 Å². The van der Waals surface area contributed by atoms with Crippen LogP contribution in [-0.2, 0) is 14.3 Å². The number of ether oxygens (including phenoxy) is 1. The third-order valence-corrected chi connectivity index (χ3v) is 5.57. The van der Waals surface area contributed by atoms with Crippen LogP contribution < -0.4 is 5.32 Å². The number of benzene rings is 1. The second kappa shape index (κ2) is 9.27. The molecule has 2 aromatic rings. The van der Waals surface area contributed by atoms with Crippen molar-refractivity contribution in [2.75, 3.05) is 6.61 Å². The van der Waals surface area contributed by atoms with Crippen molar-refractivity contribution in [3.63, 3.8) is 0 Å². The Morgan fingerprint density at radius 1 is 1.41 bits per heavy atom. The lowest BCUT2D eigenvalue weighted by Gasteiger charge is -2.27. The largest absolute Gasteiger partial charge is 0.481 e. The Balaban J connectivity index is 2.15. The standard InChI is InChI=1S/C19H17BrFN3O4S/c1-2-28-19(27)15-13(5-6-14(25)26)23-17(18-22-7-8-29-18)24-16(15)11-4-3-10(21)9-12(11)20/h3-4,7-9,16H,2,5-6H2,1H3,(H,23,24)(H,25,26)/t16-/m0/s1. The van der Waals surface area contributed by atoms with Gasteiger partial charge >= 0.3 is 11.9 Å². The van der Waals surface area contributed by atoms with Gasteiger partial charge in [-0.05, 0) is 31.0 Å². The third kappa shape index (κ3) is 4.88. The molecule has 0 radical (unpaired) electrons. The average Bonchev–Trinajstić information content (AvgIpc) is 3.20. The lowest BCUT2D eigenvalue weighted by molar-refractivity contribution is -0.139. The van der Waals surface area contributed by atoms with Crippen LogP contribution in [0.4, 0.5) is 4.39 Å². The number of aliphatic imine (C=N–C) groups is 1. The van der Waals surface area contributed by atoms with Crippen molar-refractivity contribution in [2.24, 2.45) is 4.99 Å². The Morgan fingerprint density at radius 3 is 2.83 bits per heavy atom. The van der Waals surface area contributed by atoms with Crippen molar-refractivity contribution >= 4 is 45.0 Å². The number of halogens is 2. The second-order valence-electron chi connectivity index (χ2n) is 6.01. The van der Waals surface area contributed by atoms with E-state index in [1.54, 1.807) is 18.5 Å². The van der Waals surface area contributed by atoms with E-state index in [4.69, 9.17) is 9.84 Å². The first kappa shape index (κ1) is 21.1. The summed E-state index contributed by atoms with van der Waals surface area (Å²) >= 11 is 4.69. The van der Waals surface area contributed by atoms with E-state index in [-0.39, 0.29) is 25.0 Å². The molecule has 29 heavy (non-hydrogen) atoms. The fraction of sp³-hybridized carbons (Fsp3) is 0.263. The van der Waals surface area contributed by atoms with Crippen LogP contribution in [0.1, 0.15) is 36.4 Å². The highest BCUT2D eigenvalue weighted by Gasteiger charge is 2.33. The summed E-state index contributed by atoms with van der Waals surface area (Å²) in [5.41, 5.74) is 1.14. The highest BCUT2D eigenvalue weighted by molar-refractivity contribution is 9.10. The first-order chi connectivity index (χ1) is 13.9. The van der Waals surface area contributed by atoms with E-state index in [9.17, 15) is 14.0 Å². The number of allylic oxidation sites excluding steroid dienone is 1. The van der Waals surface area contributed by atoms with Gasteiger partial charge in [-0.1, -0.05) is 22.0 Å². The van der Waals surface area contributed by atoms with Crippen molar-refractivity contribution in [3.05, 3.63) is 61.9 Å². The Bertz CT molecular complexity index is 991. The Kier molecular flexibility index (Phi) is 6.75. The van der Waals surface area contributed by atoms with Gasteiger partial charge in [0, 0.05) is 21.7 Å². The van der Waals surface area contributed by atoms with Crippen LogP contribution in [0.3, 0.4) is 0 Å². The number of carboxylic acids is 1. The monoisotopic (exact) mass is 481 g/mol. The Morgan fingerprint density at radius 2 is 2.21 bits per heavy atom. The van der Waals surface area contributed by atoms with Crippen LogP contribution in [0.2, 0.25) is 0 Å². The lowest BCUT2D eigenvalue weighted by Crippen LogP contribution is -2.34. The molecule has 0 saturated carbocycles. The van der Waals surface area contributed by atoms with E-state index in [0.29, 0.717) is 26.6 Å². The minimum Gasteiger partial charge on any atom is -0.481 e. The van der Waals surface area contributed by atoms with Gasteiger partial charge in [-0.2, -0.15) is 0 Å². The minimum absolute atomic E-state index is 0.0726. The molecular weight excluding hydrogens is 465 g/mol. The summed E-state index contributed by atoms with van der Waals surface area (Å²) in [6, 6.07) is 3.29. The number of aliphatic carboxylic acids is 1. The Labute approximate surface area is 178 Å². The summed E-state index contributed by atoms with van der Waals surface area (Å²) in [4.78, 5) is 32.8. The van der Waals surface area contributed by atoms with Gasteiger partial charge in [-0.25, -0.2) is 14.2 Å². The Hall–Kier alpha value is -2.59. The molecule has 7 nitrogen and oxygen atoms in total. The SMILES string of the molecule is CCOC(=O)C1=C(CCC(=O)O)NC(c2nccs2)=N[C@H]1c1ccc(F)cc1Br. The van der Waals surface area contributed by atoms with E-state index in [2.05, 4.69) is 31.2 Å². The zero-order valence-electron chi connectivity index (χ0n) is 15.3. The molecule has 0 fully saturated rings. The van der Waals surface area contributed by atoms with Crippen LogP contribution in [-0.4, -0.2) is 34.5 Å². The van der Waals surface area contributed by atoms with E-state index in [1.807, 2.05) is 0 Å². The molecule has 1 aromatic heterocycles. The van der Waals surface area contributed by atoms with E-state index >= 15 is 0 Å². The molecule has 152 valence electrons. The van der Waals surface area contributed by atoms with Crippen molar-refractivity contribution in [3.8, 4) is 0 Å². The fourth-order valence-electron chi connectivity index (χ4n) is 2.87. The fourth-order valence-corrected chi connectivity index (χ4v) is 4.03. The first-order valence-corrected chi connectivity index (χ1v) is 10.4. The number of nitrogens with zero attached hydrogens (tertiary/aromatic N) is 2. The number of hydrogen-bond acceptors (Lipinski definition) is 7. The zero-order valence-corrected chi connectivity index (χ0v) is 17.7. The van der Waals surface area contributed by atoms with E-state index in [0.717, 1.165) is 0 Å². The molecule has 3 rings (SSSR count). The predicted octanol–water partition coefficient (Wildman–Crippen LogP) is 3.82. The summed E-state index contributed by atoms with van der Waals surface area (Å²) in [5.74, 6) is -1.63. The molecule has 1 atom stereocenters. The maximum atomic E-state index is 13.6. The van der Waals surface area contributed by atoms with Crippen LogP contribution in [0.25, 0.3) is 0 Å². The maximum Gasteiger partial charge on any atom is 0.338 e. The summed E-state index contributed by atoms with van der Waals surface area (Å²) < 4.78 is 19.3. The molecule has 1 aromatic carbocycles. The number of carbonyl (C=O) groups excluding carboxylic acids is 1. The summed E-state index contributed by atoms with van der Waals surface area (Å²) in [5, 5.41) is 14.5. The van der Waals surface area contributed by atoms with E-state index < -0.39 is 23.8 Å². The number of hydrogen-bond donors (Lipinski definition) is 2. The van der Waals surface area contributed by atoms with Gasteiger partial charge in [0.1, 0.15) is 11.9 Å². The molecule has 1 aliphatic rings. The van der Waals surface area contributed by atoms with Crippen LogP contribution in [0.15, 0.2) is 50.5 Å². The van der Waals surface area contributed by atoms with Gasteiger partial charge < -0.3 is 15.2 Å². The molecule has 0 amide bonds. The molecule has 2 heterocycles. The second-order valence-corrected chi connectivity index (χ2v) is 7.76. The highest BCUT2D eigenvalue weighted by Crippen LogP contribution is 2.37. The number of carboxylic acid groups (broad SMARTS) is 1. The number of aromatic nitrogens is 1. The van der Waals surface area contributed by atoms with Gasteiger partial charge in [-0.3, -0.25) is 9.79 Å². The molecule has 1 aliphatic heterocycles. The molecule has 0 aliphatic carbocycles. The van der Waals surface area contributed by atoms with Gasteiger partial charge in [-0.15, -0.1) is 11.3 Å². The van der Waals surface area contributed by atoms with Gasteiger partial charge in [0.2, 0.25) is 0 Å². The number of amidine groups is 1. The minimum atomic E-state index is -1.000. The topological polar surface area (TPSA) is 101 Å². The van der Waals surface area contributed by atoms with Crippen LogP contribution in [0, 0.1) is 5.82 Å². The third-order valence-electron chi connectivity index (χ3n) is 4.10. The predicted molar refractivity (Wildman–Crippen MR) is 109 cm³/mol. The molecular formula is C19H17BrFN3O4S. The summed E-state index contributed by atoms with van der Waals surface area (Å²) in [6.45, 7) is 1.83. The zero-order chi connectivity index (χ0) is 21.0. The van der Waals surface area contributed by atoms with Crippen molar-refractivity contribution < 1.29 is 23.8 Å². The number of rotatable bonds is 7. The van der Waals surface area contributed by atoms with Gasteiger partial charge in [0.05, 0.1) is 18.6 Å². The van der Waals surface area contributed by atoms with Crippen molar-refractivity contribution in [1.82, 2.24) is 10.3 Å². The van der Waals surface area contributed by atoms with Crippen molar-refractivity contribution in [2.45, 2.75) is 25.8 Å². The van der Waals surface area contributed by atoms with Gasteiger partial charge in [0.25, 0.3) is 0 Å². The lowest BCUT2D eigenvalue weighted by atomic mass is 9.94. The highest BCUT2D eigenvalue weighted by atomic mass is 79.9. The van der Waals surface area contributed by atoms with Gasteiger partial charge in [0.15, 0.2) is 10.8 Å². The number of thiazole rings is 1. The summed E-state index contributed by atoms with van der Waals surface area (Å²) in [7, 11) is 0. The molecule has 0 saturated heterocycles. The smallest absolute Gasteiger partial charge is 0.338 e. The number of esters is 1. The van der Waals surface area contributed by atoms with Crippen LogP contribution >= 0.6 is 27.3 Å². The first-order valence-electron chi connectivity index (χ1n) is 8.72. The normalized spacial score (nSPS) is 16.2.